The molecule has 1 aromatic carbocycles. The highest BCUT2D eigenvalue weighted by Crippen LogP contribution is 2.04. The summed E-state index contributed by atoms with van der Waals surface area (Å²) in [5, 5.41) is 2.73. The summed E-state index contributed by atoms with van der Waals surface area (Å²) in [6.45, 7) is 2.11. The lowest BCUT2D eigenvalue weighted by atomic mass is 10.1. The fourth-order valence-electron chi connectivity index (χ4n) is 2.21. The maximum Gasteiger partial charge on any atom is 0.330 e. The summed E-state index contributed by atoms with van der Waals surface area (Å²) in [5.74, 6) is -0.154. The zero-order valence-corrected chi connectivity index (χ0v) is 12.9. The summed E-state index contributed by atoms with van der Waals surface area (Å²) in [6.07, 6.45) is 0.264. The summed E-state index contributed by atoms with van der Waals surface area (Å²) < 4.78 is 2.38. The van der Waals surface area contributed by atoms with E-state index in [1.807, 2.05) is 31.2 Å². The minimum atomic E-state index is -0.407. The van der Waals surface area contributed by atoms with E-state index in [9.17, 15) is 14.4 Å². The number of aryl methyl sites for hydroxylation is 1. The second-order valence-electron chi connectivity index (χ2n) is 5.32. The Bertz CT molecular complexity index is 818. The van der Waals surface area contributed by atoms with Gasteiger partial charge in [-0.2, -0.15) is 0 Å². The molecule has 0 fully saturated rings. The first-order valence-corrected chi connectivity index (χ1v) is 6.96. The zero-order chi connectivity index (χ0) is 16.3. The van der Waals surface area contributed by atoms with Gasteiger partial charge in [0.1, 0.15) is 0 Å². The van der Waals surface area contributed by atoms with Gasteiger partial charge in [-0.05, 0) is 12.5 Å². The molecule has 1 aromatic heterocycles. The molecule has 116 valence electrons. The number of hydrogen-bond donors (Lipinski definition) is 1. The number of rotatable bonds is 4. The number of nitrogens with one attached hydrogen (secondary N) is 1. The van der Waals surface area contributed by atoms with Gasteiger partial charge >= 0.3 is 5.69 Å². The predicted octanol–water partition coefficient (Wildman–Crippen LogP) is 0.251. The van der Waals surface area contributed by atoms with E-state index in [0.717, 1.165) is 15.7 Å². The van der Waals surface area contributed by atoms with Crippen molar-refractivity contribution < 1.29 is 4.79 Å². The van der Waals surface area contributed by atoms with Gasteiger partial charge in [0.2, 0.25) is 5.91 Å². The molecule has 1 heterocycles. The number of nitrogens with zero attached hydrogens (tertiary/aromatic N) is 2. The van der Waals surface area contributed by atoms with E-state index >= 15 is 0 Å². The molecule has 0 bridgehead atoms. The van der Waals surface area contributed by atoms with E-state index in [2.05, 4.69) is 5.32 Å². The molecule has 2 aromatic rings. The van der Waals surface area contributed by atoms with Crippen LogP contribution < -0.4 is 16.6 Å². The minimum Gasteiger partial charge on any atom is -0.350 e. The molecule has 0 spiro atoms. The van der Waals surface area contributed by atoms with Crippen LogP contribution in [0.2, 0.25) is 0 Å². The summed E-state index contributed by atoms with van der Waals surface area (Å²) in [7, 11) is 2.99. The monoisotopic (exact) mass is 301 g/mol. The van der Waals surface area contributed by atoms with Crippen LogP contribution in [0.25, 0.3) is 0 Å². The Hall–Kier alpha value is -2.63. The van der Waals surface area contributed by atoms with E-state index in [4.69, 9.17) is 0 Å². The van der Waals surface area contributed by atoms with E-state index in [0.29, 0.717) is 5.69 Å². The molecular formula is C16H19N3O3. The molecule has 0 aliphatic heterocycles. The Morgan fingerprint density at radius 1 is 1.14 bits per heavy atom. The van der Waals surface area contributed by atoms with Crippen molar-refractivity contribution >= 4 is 5.91 Å². The summed E-state index contributed by atoms with van der Waals surface area (Å²) in [4.78, 5) is 35.4. The van der Waals surface area contributed by atoms with Crippen LogP contribution in [-0.2, 0) is 31.9 Å². The third-order valence-corrected chi connectivity index (χ3v) is 3.54. The molecular weight excluding hydrogens is 282 g/mol. The lowest BCUT2D eigenvalue weighted by molar-refractivity contribution is -0.120. The lowest BCUT2D eigenvalue weighted by Crippen LogP contribution is -2.39. The molecule has 6 nitrogen and oxygen atoms in total. The largest absolute Gasteiger partial charge is 0.350 e. The highest BCUT2D eigenvalue weighted by atomic mass is 16.2. The zero-order valence-electron chi connectivity index (χ0n) is 12.9. The van der Waals surface area contributed by atoms with E-state index in [-0.39, 0.29) is 24.4 Å². The van der Waals surface area contributed by atoms with Crippen molar-refractivity contribution in [1.82, 2.24) is 14.5 Å². The van der Waals surface area contributed by atoms with E-state index in [1.54, 1.807) is 7.05 Å². The van der Waals surface area contributed by atoms with Crippen molar-refractivity contribution in [1.29, 1.82) is 0 Å². The molecule has 1 amide bonds. The Balaban J connectivity index is 2.06. The summed E-state index contributed by atoms with van der Waals surface area (Å²) in [5.41, 5.74) is 1.71. The molecule has 0 saturated heterocycles. The van der Waals surface area contributed by atoms with Gasteiger partial charge in [-0.3, -0.25) is 18.7 Å². The van der Waals surface area contributed by atoms with Gasteiger partial charge in [-0.15, -0.1) is 0 Å². The Kier molecular flexibility index (Phi) is 4.60. The van der Waals surface area contributed by atoms with Crippen LogP contribution in [0.5, 0.6) is 0 Å². The molecule has 0 unspecified atom stereocenters. The quantitative estimate of drug-likeness (QED) is 0.880. The number of aromatic nitrogens is 2. The first kappa shape index (κ1) is 15.8. The standard InChI is InChI=1S/C16H19N3O3/c1-11-5-4-6-12(7-11)8-14(20)17-10-13-9-15(21)19(3)16(22)18(13)2/h4-7,9H,8,10H2,1-3H3,(H,17,20). The maximum absolute atomic E-state index is 12.0. The number of amides is 1. The van der Waals surface area contributed by atoms with Crippen LogP contribution in [0, 0.1) is 6.92 Å². The average Bonchev–Trinajstić information content (AvgIpc) is 2.47. The topological polar surface area (TPSA) is 73.1 Å². The minimum absolute atomic E-state index is 0.145. The van der Waals surface area contributed by atoms with Crippen LogP contribution in [0.15, 0.2) is 39.9 Å². The molecule has 0 atom stereocenters. The highest BCUT2D eigenvalue weighted by Gasteiger charge is 2.08. The van der Waals surface area contributed by atoms with Gasteiger partial charge < -0.3 is 5.32 Å². The molecule has 0 aliphatic carbocycles. The second kappa shape index (κ2) is 6.43. The van der Waals surface area contributed by atoms with Crippen molar-refractivity contribution in [3.05, 3.63) is 68.0 Å². The number of benzene rings is 1. The van der Waals surface area contributed by atoms with Gasteiger partial charge in [0.15, 0.2) is 0 Å². The van der Waals surface area contributed by atoms with Gasteiger partial charge in [-0.1, -0.05) is 29.8 Å². The molecule has 1 N–H and O–H groups in total. The summed E-state index contributed by atoms with van der Waals surface area (Å²) in [6, 6.07) is 9.07. The van der Waals surface area contributed by atoms with Crippen molar-refractivity contribution in [2.45, 2.75) is 19.9 Å². The number of carbonyl (C=O) groups is 1. The Labute approximate surface area is 128 Å². The number of hydrogen-bond acceptors (Lipinski definition) is 3. The third kappa shape index (κ3) is 3.52. The van der Waals surface area contributed by atoms with Crippen molar-refractivity contribution in [3.8, 4) is 0 Å². The van der Waals surface area contributed by atoms with E-state index < -0.39 is 5.69 Å². The van der Waals surface area contributed by atoms with Crippen LogP contribution in [-0.4, -0.2) is 15.0 Å². The van der Waals surface area contributed by atoms with Crippen LogP contribution in [0.3, 0.4) is 0 Å². The fraction of sp³-hybridized carbons (Fsp3) is 0.312. The predicted molar refractivity (Wildman–Crippen MR) is 83.7 cm³/mol. The second-order valence-corrected chi connectivity index (χ2v) is 5.32. The van der Waals surface area contributed by atoms with Crippen LogP contribution >= 0.6 is 0 Å². The highest BCUT2D eigenvalue weighted by molar-refractivity contribution is 5.78. The first-order valence-electron chi connectivity index (χ1n) is 6.96. The molecule has 0 saturated carbocycles. The summed E-state index contributed by atoms with van der Waals surface area (Å²) >= 11 is 0. The van der Waals surface area contributed by atoms with Gasteiger partial charge in [-0.25, -0.2) is 4.79 Å². The first-order chi connectivity index (χ1) is 10.4. The molecule has 6 heteroatoms. The van der Waals surface area contributed by atoms with Crippen LogP contribution in [0.4, 0.5) is 0 Å². The van der Waals surface area contributed by atoms with Crippen molar-refractivity contribution in [3.63, 3.8) is 0 Å². The third-order valence-electron chi connectivity index (χ3n) is 3.54. The molecule has 2 rings (SSSR count). The van der Waals surface area contributed by atoms with Crippen LogP contribution in [0.1, 0.15) is 16.8 Å². The lowest BCUT2D eigenvalue weighted by Gasteiger charge is -2.10. The maximum atomic E-state index is 12.0. The molecule has 0 radical (unpaired) electrons. The SMILES string of the molecule is Cc1cccc(CC(=O)NCc2cc(=O)n(C)c(=O)n2C)c1. The average molecular weight is 301 g/mol. The normalized spacial score (nSPS) is 10.5. The van der Waals surface area contributed by atoms with Crippen molar-refractivity contribution in [2.75, 3.05) is 0 Å². The van der Waals surface area contributed by atoms with Gasteiger partial charge in [0.05, 0.1) is 13.0 Å². The fourth-order valence-corrected chi connectivity index (χ4v) is 2.21. The van der Waals surface area contributed by atoms with Gasteiger partial charge in [0.25, 0.3) is 5.56 Å². The van der Waals surface area contributed by atoms with Crippen molar-refractivity contribution in [2.24, 2.45) is 14.1 Å². The smallest absolute Gasteiger partial charge is 0.330 e. The molecule has 22 heavy (non-hydrogen) atoms. The molecule has 0 aliphatic rings. The Morgan fingerprint density at radius 3 is 2.55 bits per heavy atom. The number of carbonyl (C=O) groups excluding carboxylic acids is 1. The Morgan fingerprint density at radius 2 is 1.86 bits per heavy atom. The van der Waals surface area contributed by atoms with Gasteiger partial charge in [0, 0.05) is 25.9 Å². The van der Waals surface area contributed by atoms with E-state index in [1.165, 1.54) is 17.7 Å².